The van der Waals surface area contributed by atoms with Crippen LogP contribution in [0.2, 0.25) is 0 Å². The summed E-state index contributed by atoms with van der Waals surface area (Å²) in [4.78, 5) is 16.9. The predicted molar refractivity (Wildman–Crippen MR) is 83.9 cm³/mol. The van der Waals surface area contributed by atoms with Crippen LogP contribution in [0.3, 0.4) is 0 Å². The Morgan fingerprint density at radius 1 is 1.42 bits per heavy atom. The first-order chi connectivity index (χ1) is 11.3. The van der Waals surface area contributed by atoms with Gasteiger partial charge in [0.25, 0.3) is 5.91 Å². The molecule has 0 aliphatic heterocycles. The Balaban J connectivity index is 2.04. The number of imidazole rings is 1. The van der Waals surface area contributed by atoms with Crippen LogP contribution in [0.25, 0.3) is 0 Å². The number of nitrogens with zero attached hydrogens (tertiary/aromatic N) is 2. The van der Waals surface area contributed by atoms with Gasteiger partial charge in [0.15, 0.2) is 5.16 Å². The van der Waals surface area contributed by atoms with Crippen LogP contribution in [0.15, 0.2) is 46.7 Å². The molecule has 24 heavy (non-hydrogen) atoms. The highest BCUT2D eigenvalue weighted by molar-refractivity contribution is 7.99. The van der Waals surface area contributed by atoms with Crippen LogP contribution in [0, 0.1) is 0 Å². The minimum absolute atomic E-state index is 0.484. The molecule has 0 spiro atoms. The number of halogens is 3. The van der Waals surface area contributed by atoms with Gasteiger partial charge in [-0.3, -0.25) is 4.79 Å². The van der Waals surface area contributed by atoms with Crippen molar-refractivity contribution in [1.29, 1.82) is 0 Å². The van der Waals surface area contributed by atoms with Crippen molar-refractivity contribution in [2.45, 2.75) is 29.3 Å². The SMILES string of the molecule is C[C@@H](OCC(F)(F)F)C(=O)Nc1ccccc1Sc1nccn1C. The summed E-state index contributed by atoms with van der Waals surface area (Å²) < 4.78 is 42.8. The fraction of sp³-hybridized carbons (Fsp3) is 0.333. The lowest BCUT2D eigenvalue weighted by Gasteiger charge is -2.16. The number of carbonyl (C=O) groups excluding carboxylic acids is 1. The van der Waals surface area contributed by atoms with E-state index >= 15 is 0 Å². The molecule has 0 bridgehead atoms. The largest absolute Gasteiger partial charge is 0.411 e. The molecule has 9 heteroatoms. The van der Waals surface area contributed by atoms with Gasteiger partial charge in [-0.25, -0.2) is 4.98 Å². The quantitative estimate of drug-likeness (QED) is 0.858. The van der Waals surface area contributed by atoms with Gasteiger partial charge in [-0.1, -0.05) is 12.1 Å². The highest BCUT2D eigenvalue weighted by Gasteiger charge is 2.30. The number of amides is 1. The number of nitrogens with one attached hydrogen (secondary N) is 1. The Morgan fingerprint density at radius 3 is 2.75 bits per heavy atom. The predicted octanol–water partition coefficient (Wildman–Crippen LogP) is 3.48. The molecule has 0 aliphatic rings. The van der Waals surface area contributed by atoms with E-state index in [1.54, 1.807) is 36.7 Å². The summed E-state index contributed by atoms with van der Waals surface area (Å²) in [6, 6.07) is 6.97. The number of rotatable bonds is 6. The third-order valence-corrected chi connectivity index (χ3v) is 4.14. The lowest BCUT2D eigenvalue weighted by Crippen LogP contribution is -2.31. The van der Waals surface area contributed by atoms with Crippen LogP contribution in [0.5, 0.6) is 0 Å². The Kier molecular flexibility index (Phi) is 5.89. The molecule has 1 N–H and O–H groups in total. The number of aryl methyl sites for hydroxylation is 1. The maximum absolute atomic E-state index is 12.2. The summed E-state index contributed by atoms with van der Waals surface area (Å²) >= 11 is 1.34. The molecule has 2 aromatic rings. The summed E-state index contributed by atoms with van der Waals surface area (Å²) in [5, 5.41) is 3.31. The molecular formula is C15H16F3N3O2S. The van der Waals surface area contributed by atoms with Gasteiger partial charge in [0.2, 0.25) is 0 Å². The van der Waals surface area contributed by atoms with Gasteiger partial charge in [-0.15, -0.1) is 0 Å². The number of ether oxygens (including phenoxy) is 1. The van der Waals surface area contributed by atoms with Gasteiger partial charge >= 0.3 is 6.18 Å². The zero-order valence-electron chi connectivity index (χ0n) is 13.0. The topological polar surface area (TPSA) is 56.1 Å². The van der Waals surface area contributed by atoms with E-state index in [9.17, 15) is 18.0 Å². The van der Waals surface area contributed by atoms with Crippen LogP contribution in [0.1, 0.15) is 6.92 Å². The van der Waals surface area contributed by atoms with Crippen molar-refractivity contribution in [3.05, 3.63) is 36.7 Å². The zero-order valence-corrected chi connectivity index (χ0v) is 13.8. The minimum atomic E-state index is -4.47. The number of para-hydroxylation sites is 1. The van der Waals surface area contributed by atoms with Crippen LogP contribution < -0.4 is 5.32 Å². The molecule has 1 aromatic heterocycles. The van der Waals surface area contributed by atoms with E-state index in [2.05, 4.69) is 15.0 Å². The van der Waals surface area contributed by atoms with Gasteiger partial charge < -0.3 is 14.6 Å². The molecule has 2 rings (SSSR count). The third kappa shape index (κ3) is 5.27. The molecule has 1 atom stereocenters. The van der Waals surface area contributed by atoms with E-state index < -0.39 is 24.8 Å². The van der Waals surface area contributed by atoms with Crippen LogP contribution in [0.4, 0.5) is 18.9 Å². The molecule has 0 saturated heterocycles. The fourth-order valence-corrected chi connectivity index (χ4v) is 2.63. The van der Waals surface area contributed by atoms with Crippen LogP contribution in [-0.2, 0) is 16.6 Å². The number of carbonyl (C=O) groups is 1. The molecule has 0 fully saturated rings. The second-order valence-electron chi connectivity index (χ2n) is 4.98. The van der Waals surface area contributed by atoms with Gasteiger partial charge in [0.05, 0.1) is 5.69 Å². The van der Waals surface area contributed by atoms with E-state index in [-0.39, 0.29) is 0 Å². The van der Waals surface area contributed by atoms with E-state index in [0.717, 1.165) is 10.1 Å². The highest BCUT2D eigenvalue weighted by atomic mass is 32.2. The van der Waals surface area contributed by atoms with Crippen molar-refractivity contribution in [3.8, 4) is 0 Å². The Hall–Kier alpha value is -2.00. The summed E-state index contributed by atoms with van der Waals surface area (Å²) in [7, 11) is 1.84. The molecule has 1 amide bonds. The maximum Gasteiger partial charge on any atom is 0.411 e. The number of alkyl halides is 3. The molecule has 1 aromatic carbocycles. The van der Waals surface area contributed by atoms with E-state index in [4.69, 9.17) is 0 Å². The van der Waals surface area contributed by atoms with Crippen LogP contribution >= 0.6 is 11.8 Å². The second kappa shape index (κ2) is 7.71. The van der Waals surface area contributed by atoms with Crippen LogP contribution in [-0.4, -0.2) is 34.3 Å². The first kappa shape index (κ1) is 18.3. The number of benzene rings is 1. The zero-order chi connectivity index (χ0) is 17.7. The third-order valence-electron chi connectivity index (χ3n) is 2.99. The van der Waals surface area contributed by atoms with E-state index in [1.807, 2.05) is 11.6 Å². The lowest BCUT2D eigenvalue weighted by molar-refractivity contribution is -0.184. The van der Waals surface area contributed by atoms with Crippen molar-refractivity contribution >= 4 is 23.4 Å². The summed E-state index contributed by atoms with van der Waals surface area (Å²) in [5.74, 6) is -0.646. The fourth-order valence-electron chi connectivity index (χ4n) is 1.74. The average Bonchev–Trinajstić information content (AvgIpc) is 2.91. The van der Waals surface area contributed by atoms with Gasteiger partial charge in [-0.05, 0) is 30.8 Å². The van der Waals surface area contributed by atoms with E-state index in [0.29, 0.717) is 5.69 Å². The van der Waals surface area contributed by atoms with Crippen molar-refractivity contribution in [2.75, 3.05) is 11.9 Å². The molecule has 0 aliphatic carbocycles. The summed E-state index contributed by atoms with van der Waals surface area (Å²) in [5.41, 5.74) is 0.484. The molecule has 0 unspecified atom stereocenters. The number of anilines is 1. The first-order valence-corrected chi connectivity index (χ1v) is 7.81. The number of hydrogen-bond donors (Lipinski definition) is 1. The minimum Gasteiger partial charge on any atom is -0.359 e. The van der Waals surface area contributed by atoms with E-state index in [1.165, 1.54) is 18.7 Å². The Morgan fingerprint density at radius 2 is 2.12 bits per heavy atom. The molecule has 0 radical (unpaired) electrons. The maximum atomic E-state index is 12.2. The average molecular weight is 359 g/mol. The molecule has 5 nitrogen and oxygen atoms in total. The number of hydrogen-bond acceptors (Lipinski definition) is 4. The number of aromatic nitrogens is 2. The van der Waals surface area contributed by atoms with Crippen molar-refractivity contribution in [1.82, 2.24) is 9.55 Å². The van der Waals surface area contributed by atoms with Gasteiger partial charge in [0, 0.05) is 24.3 Å². The highest BCUT2D eigenvalue weighted by Crippen LogP contribution is 2.32. The lowest BCUT2D eigenvalue weighted by atomic mass is 10.3. The summed E-state index contributed by atoms with van der Waals surface area (Å²) in [6.45, 7) is -0.194. The standard InChI is InChI=1S/C15H16F3N3O2S/c1-10(23-9-15(16,17)18)13(22)20-11-5-3-4-6-12(11)24-14-19-7-8-21(14)2/h3-8,10H,9H2,1-2H3,(H,20,22)/t10-/m1/s1. The van der Waals surface area contributed by atoms with Crippen molar-refractivity contribution < 1.29 is 22.7 Å². The second-order valence-corrected chi connectivity index (χ2v) is 5.99. The molecule has 1 heterocycles. The van der Waals surface area contributed by atoms with Gasteiger partial charge in [-0.2, -0.15) is 13.2 Å². The van der Waals surface area contributed by atoms with Crippen molar-refractivity contribution in [3.63, 3.8) is 0 Å². The summed E-state index contributed by atoms with van der Waals surface area (Å²) in [6.07, 6.45) is -2.26. The Labute approximate surface area is 141 Å². The molecular weight excluding hydrogens is 343 g/mol. The van der Waals surface area contributed by atoms with Crippen molar-refractivity contribution in [2.24, 2.45) is 7.05 Å². The first-order valence-electron chi connectivity index (χ1n) is 6.99. The molecule has 130 valence electrons. The molecule has 0 saturated carbocycles. The van der Waals surface area contributed by atoms with Gasteiger partial charge in [0.1, 0.15) is 12.7 Å². The normalized spacial score (nSPS) is 12.9. The smallest absolute Gasteiger partial charge is 0.359 e. The monoisotopic (exact) mass is 359 g/mol. The Bertz CT molecular complexity index is 703.